The third-order valence-corrected chi connectivity index (χ3v) is 2.96. The Labute approximate surface area is 116 Å². The number of nitrogens with one attached hydrogen (secondary N) is 1. The number of halogens is 3. The molecule has 1 unspecified atom stereocenters. The topological polar surface area (TPSA) is 56.0 Å². The molecule has 1 aromatic rings. The minimum Gasteiger partial charge on any atom is -0.396 e. The molecule has 1 aromatic carbocycles. The number of benzene rings is 1. The zero-order valence-electron chi connectivity index (χ0n) is 11.2. The van der Waals surface area contributed by atoms with Crippen LogP contribution in [-0.2, 0) is 6.18 Å². The van der Waals surface area contributed by atoms with Gasteiger partial charge in [0.1, 0.15) is 0 Å². The van der Waals surface area contributed by atoms with Crippen molar-refractivity contribution in [1.29, 1.82) is 5.26 Å². The number of hydrogen-bond donors (Lipinski definition) is 2. The van der Waals surface area contributed by atoms with Gasteiger partial charge in [-0.25, -0.2) is 0 Å². The van der Waals surface area contributed by atoms with Crippen molar-refractivity contribution in [2.75, 3.05) is 18.5 Å². The van der Waals surface area contributed by atoms with Gasteiger partial charge < -0.3 is 10.4 Å². The molecule has 0 aliphatic rings. The third-order valence-electron chi connectivity index (χ3n) is 2.96. The Kier molecular flexibility index (Phi) is 5.83. The van der Waals surface area contributed by atoms with Crippen LogP contribution in [0.1, 0.15) is 30.9 Å². The lowest BCUT2D eigenvalue weighted by molar-refractivity contribution is -0.137. The van der Waals surface area contributed by atoms with Crippen molar-refractivity contribution in [1.82, 2.24) is 0 Å². The Balaban J connectivity index is 2.67. The second-order valence-corrected chi connectivity index (χ2v) is 4.73. The Hall–Kier alpha value is -1.74. The van der Waals surface area contributed by atoms with Crippen molar-refractivity contribution < 1.29 is 18.3 Å². The van der Waals surface area contributed by atoms with Crippen LogP contribution in [0.5, 0.6) is 0 Å². The summed E-state index contributed by atoms with van der Waals surface area (Å²) in [5.74, 6) is 0.184. The summed E-state index contributed by atoms with van der Waals surface area (Å²) >= 11 is 0. The number of alkyl halides is 3. The molecule has 0 saturated carbocycles. The summed E-state index contributed by atoms with van der Waals surface area (Å²) < 4.78 is 38.2. The van der Waals surface area contributed by atoms with Crippen molar-refractivity contribution in [2.45, 2.75) is 25.9 Å². The fourth-order valence-electron chi connectivity index (χ4n) is 1.76. The second kappa shape index (κ2) is 7.15. The highest BCUT2D eigenvalue weighted by Crippen LogP contribution is 2.33. The van der Waals surface area contributed by atoms with E-state index in [9.17, 15) is 13.2 Å². The molecule has 0 aliphatic carbocycles. The molecule has 0 radical (unpaired) electrons. The maximum absolute atomic E-state index is 12.7. The molecule has 1 atom stereocenters. The zero-order valence-corrected chi connectivity index (χ0v) is 11.2. The lowest BCUT2D eigenvalue weighted by Gasteiger charge is -2.13. The first kappa shape index (κ1) is 16.3. The first-order chi connectivity index (χ1) is 9.38. The Morgan fingerprint density at radius 1 is 1.40 bits per heavy atom. The average Bonchev–Trinajstić information content (AvgIpc) is 2.42. The van der Waals surface area contributed by atoms with Crippen LogP contribution in [-0.4, -0.2) is 18.3 Å². The van der Waals surface area contributed by atoms with Crippen molar-refractivity contribution in [3.8, 4) is 6.07 Å². The minimum absolute atomic E-state index is 0.106. The number of anilines is 1. The highest BCUT2D eigenvalue weighted by Gasteiger charge is 2.33. The van der Waals surface area contributed by atoms with Gasteiger partial charge in [0, 0.05) is 18.8 Å². The Morgan fingerprint density at radius 2 is 2.10 bits per heavy atom. The van der Waals surface area contributed by atoms with E-state index < -0.39 is 11.7 Å². The lowest BCUT2D eigenvalue weighted by atomic mass is 10.1. The van der Waals surface area contributed by atoms with Crippen molar-refractivity contribution in [3.05, 3.63) is 29.3 Å². The molecule has 110 valence electrons. The molecule has 0 amide bonds. The molecule has 3 nitrogen and oxygen atoms in total. The summed E-state index contributed by atoms with van der Waals surface area (Å²) in [5, 5.41) is 20.4. The molecule has 0 aromatic heterocycles. The van der Waals surface area contributed by atoms with Crippen molar-refractivity contribution in [3.63, 3.8) is 0 Å². The summed E-state index contributed by atoms with van der Waals surface area (Å²) in [6, 6.07) is 5.13. The number of hydrogen-bond acceptors (Lipinski definition) is 3. The zero-order chi connectivity index (χ0) is 15.2. The summed E-state index contributed by atoms with van der Waals surface area (Å²) in [6.45, 7) is 2.53. The average molecular weight is 286 g/mol. The molecule has 2 N–H and O–H groups in total. The van der Waals surface area contributed by atoms with Crippen LogP contribution in [0.2, 0.25) is 0 Å². The molecular weight excluding hydrogens is 269 g/mol. The van der Waals surface area contributed by atoms with Crippen LogP contribution in [0, 0.1) is 17.2 Å². The van der Waals surface area contributed by atoms with Gasteiger partial charge in [-0.1, -0.05) is 6.92 Å². The molecule has 0 spiro atoms. The van der Waals surface area contributed by atoms with Gasteiger partial charge in [-0.2, -0.15) is 18.4 Å². The molecule has 20 heavy (non-hydrogen) atoms. The minimum atomic E-state index is -4.53. The first-order valence-electron chi connectivity index (χ1n) is 6.34. The number of aliphatic hydroxyl groups excluding tert-OH is 1. The lowest BCUT2D eigenvalue weighted by Crippen LogP contribution is -2.10. The van der Waals surface area contributed by atoms with E-state index in [1.165, 1.54) is 12.1 Å². The number of nitrogens with zero attached hydrogens (tertiary/aromatic N) is 1. The van der Waals surface area contributed by atoms with Gasteiger partial charge in [-0.3, -0.25) is 0 Å². The standard InChI is InChI=1S/C14H17F3N2O/c1-10(9-20)3-2-6-19-12-5-4-11(8-18)13(7-12)14(15,16)17/h4-5,7,10,19-20H,2-3,6,9H2,1H3. The van der Waals surface area contributed by atoms with Crippen molar-refractivity contribution in [2.24, 2.45) is 5.92 Å². The number of nitriles is 1. The van der Waals surface area contributed by atoms with Gasteiger partial charge >= 0.3 is 6.18 Å². The third kappa shape index (κ3) is 4.74. The molecule has 0 heterocycles. The smallest absolute Gasteiger partial charge is 0.396 e. The molecular formula is C14H17F3N2O. The van der Waals surface area contributed by atoms with Crippen LogP contribution in [0.15, 0.2) is 18.2 Å². The molecule has 0 saturated heterocycles. The van der Waals surface area contributed by atoms with Gasteiger partial charge in [-0.05, 0) is 37.0 Å². The number of aliphatic hydroxyl groups is 1. The van der Waals surface area contributed by atoms with Crippen LogP contribution in [0.25, 0.3) is 0 Å². The molecule has 0 aliphatic heterocycles. The maximum atomic E-state index is 12.7. The van der Waals surface area contributed by atoms with Gasteiger partial charge in [0.05, 0.1) is 17.2 Å². The van der Waals surface area contributed by atoms with Crippen molar-refractivity contribution >= 4 is 5.69 Å². The predicted molar refractivity (Wildman–Crippen MR) is 70.1 cm³/mol. The Morgan fingerprint density at radius 3 is 2.65 bits per heavy atom. The molecule has 6 heteroatoms. The fourth-order valence-corrected chi connectivity index (χ4v) is 1.76. The second-order valence-electron chi connectivity index (χ2n) is 4.73. The first-order valence-corrected chi connectivity index (χ1v) is 6.34. The Bertz CT molecular complexity index is 480. The van der Waals surface area contributed by atoms with E-state index in [1.54, 1.807) is 6.07 Å². The number of rotatable bonds is 6. The van der Waals surface area contributed by atoms with Crippen LogP contribution < -0.4 is 5.32 Å². The summed E-state index contributed by atoms with van der Waals surface area (Å²) in [4.78, 5) is 0. The molecule has 1 rings (SSSR count). The van der Waals surface area contributed by atoms with E-state index >= 15 is 0 Å². The molecule has 0 bridgehead atoms. The summed E-state index contributed by atoms with van der Waals surface area (Å²) in [5.41, 5.74) is -0.960. The van der Waals surface area contributed by atoms with Gasteiger partial charge in [0.2, 0.25) is 0 Å². The van der Waals surface area contributed by atoms with Gasteiger partial charge in [0.15, 0.2) is 0 Å². The van der Waals surface area contributed by atoms with Crippen LogP contribution in [0.3, 0.4) is 0 Å². The SMILES string of the molecule is CC(CO)CCCNc1ccc(C#N)c(C(F)(F)F)c1. The van der Waals surface area contributed by atoms with Gasteiger partial charge in [-0.15, -0.1) is 0 Å². The predicted octanol–water partition coefficient (Wildman–Crippen LogP) is 3.40. The monoisotopic (exact) mass is 286 g/mol. The highest BCUT2D eigenvalue weighted by molar-refractivity contribution is 5.53. The highest BCUT2D eigenvalue weighted by atomic mass is 19.4. The normalized spacial score (nSPS) is 12.8. The summed E-state index contributed by atoms with van der Waals surface area (Å²) in [6.07, 6.45) is -2.98. The van der Waals surface area contributed by atoms with Crippen LogP contribution in [0.4, 0.5) is 18.9 Å². The molecule has 0 fully saturated rings. The maximum Gasteiger partial charge on any atom is 0.417 e. The van der Waals surface area contributed by atoms with Gasteiger partial charge in [0.25, 0.3) is 0 Å². The van der Waals surface area contributed by atoms with E-state index in [4.69, 9.17) is 10.4 Å². The fraction of sp³-hybridized carbons (Fsp3) is 0.500. The van der Waals surface area contributed by atoms with E-state index in [0.717, 1.165) is 18.9 Å². The summed E-state index contributed by atoms with van der Waals surface area (Å²) in [7, 11) is 0. The quantitative estimate of drug-likeness (QED) is 0.788. The van der Waals surface area contributed by atoms with Crippen LogP contribution >= 0.6 is 0 Å². The van der Waals surface area contributed by atoms with E-state index in [1.807, 2.05) is 6.92 Å². The van der Waals surface area contributed by atoms with E-state index in [2.05, 4.69) is 5.32 Å². The van der Waals surface area contributed by atoms with E-state index in [-0.39, 0.29) is 18.1 Å². The largest absolute Gasteiger partial charge is 0.417 e. The van der Waals surface area contributed by atoms with E-state index in [0.29, 0.717) is 12.2 Å².